The van der Waals surface area contributed by atoms with Crippen molar-refractivity contribution in [3.8, 4) is 11.5 Å². The van der Waals surface area contributed by atoms with Crippen LogP contribution >= 0.6 is 0 Å². The molecule has 0 heterocycles. The average molecular weight is 375 g/mol. The van der Waals surface area contributed by atoms with Gasteiger partial charge in [0.25, 0.3) is 5.91 Å². The number of carbonyl (C=O) groups excluding carboxylic acids is 2. The third-order valence-electron chi connectivity index (χ3n) is 3.53. The zero-order valence-corrected chi connectivity index (χ0v) is 14.9. The van der Waals surface area contributed by atoms with E-state index in [1.165, 1.54) is 23.1 Å². The molecule has 1 amide bonds. The lowest BCUT2D eigenvalue weighted by Gasteiger charge is -2.11. The van der Waals surface area contributed by atoms with E-state index >= 15 is 0 Å². The van der Waals surface area contributed by atoms with Crippen molar-refractivity contribution in [2.75, 3.05) is 20.7 Å². The van der Waals surface area contributed by atoms with E-state index in [-0.39, 0.29) is 24.0 Å². The first-order chi connectivity index (χ1) is 12.8. The number of likely N-dealkylation sites (N-methyl/N-ethyl adjacent to an activating group) is 1. The molecule has 0 radical (unpaired) electrons. The minimum absolute atomic E-state index is 0.0526. The average Bonchev–Trinajstić information content (AvgIpc) is 2.65. The van der Waals surface area contributed by atoms with Gasteiger partial charge in [-0.25, -0.2) is 0 Å². The molecule has 0 unspecified atom stereocenters. The summed E-state index contributed by atoms with van der Waals surface area (Å²) in [6.45, 7) is -2.95. The predicted octanol–water partition coefficient (Wildman–Crippen LogP) is 3.65. The number of allylic oxidation sites excluding steroid dienone is 1. The second-order valence-electron chi connectivity index (χ2n) is 5.75. The summed E-state index contributed by atoms with van der Waals surface area (Å²) in [6, 6.07) is 12.4. The fourth-order valence-electron chi connectivity index (χ4n) is 2.02. The van der Waals surface area contributed by atoms with Crippen molar-refractivity contribution in [3.05, 3.63) is 65.7 Å². The number of ketones is 1. The van der Waals surface area contributed by atoms with E-state index in [0.29, 0.717) is 16.9 Å². The molecule has 0 aliphatic heterocycles. The normalized spacial score (nSPS) is 10.9. The van der Waals surface area contributed by atoms with Gasteiger partial charge in [0.2, 0.25) is 0 Å². The van der Waals surface area contributed by atoms with Gasteiger partial charge in [0, 0.05) is 19.7 Å². The highest BCUT2D eigenvalue weighted by molar-refractivity contribution is 6.06. The highest BCUT2D eigenvalue weighted by Gasteiger charge is 2.07. The molecular formula is C20H19F2NO4. The number of amides is 1. The van der Waals surface area contributed by atoms with Gasteiger partial charge >= 0.3 is 6.61 Å². The van der Waals surface area contributed by atoms with Crippen LogP contribution in [0.4, 0.5) is 8.78 Å². The van der Waals surface area contributed by atoms with Gasteiger partial charge in [0.15, 0.2) is 12.4 Å². The molecule has 2 aromatic carbocycles. The van der Waals surface area contributed by atoms with Crippen molar-refractivity contribution < 1.29 is 27.8 Å². The van der Waals surface area contributed by atoms with Crippen LogP contribution in [0.2, 0.25) is 0 Å². The largest absolute Gasteiger partial charge is 0.484 e. The minimum atomic E-state index is -2.87. The molecule has 2 aromatic rings. The fourth-order valence-corrected chi connectivity index (χ4v) is 2.02. The van der Waals surface area contributed by atoms with Crippen molar-refractivity contribution >= 4 is 17.8 Å². The van der Waals surface area contributed by atoms with Crippen LogP contribution in [0.1, 0.15) is 15.9 Å². The van der Waals surface area contributed by atoms with Gasteiger partial charge in [-0.1, -0.05) is 18.2 Å². The first kappa shape index (κ1) is 20.1. The topological polar surface area (TPSA) is 55.8 Å². The smallest absolute Gasteiger partial charge is 0.387 e. The summed E-state index contributed by atoms with van der Waals surface area (Å²) in [5.41, 5.74) is 1.13. The Bertz CT molecular complexity index is 800. The monoisotopic (exact) mass is 375 g/mol. The summed E-state index contributed by atoms with van der Waals surface area (Å²) in [5, 5.41) is 0. The van der Waals surface area contributed by atoms with Gasteiger partial charge in [-0.15, -0.1) is 0 Å². The Morgan fingerprint density at radius 2 is 1.59 bits per heavy atom. The standard InChI is InChI=1S/C20H19F2NO4/c1-23(2)19(25)13-26-16-10-6-15(7-11-16)18(24)12-5-14-3-8-17(9-4-14)27-20(21)22/h3-12,20H,13H2,1-2H3. The Kier molecular flexibility index (Phi) is 7.05. The van der Waals surface area contributed by atoms with Crippen molar-refractivity contribution in [1.29, 1.82) is 0 Å². The lowest BCUT2D eigenvalue weighted by atomic mass is 10.1. The third-order valence-corrected chi connectivity index (χ3v) is 3.53. The molecule has 0 saturated carbocycles. The van der Waals surface area contributed by atoms with Crippen LogP contribution in [0.25, 0.3) is 6.08 Å². The molecule has 0 aliphatic carbocycles. The van der Waals surface area contributed by atoms with Crippen molar-refractivity contribution in [2.45, 2.75) is 6.61 Å². The van der Waals surface area contributed by atoms with Crippen LogP contribution in [-0.4, -0.2) is 43.9 Å². The van der Waals surface area contributed by atoms with Crippen LogP contribution in [0.5, 0.6) is 11.5 Å². The maximum Gasteiger partial charge on any atom is 0.387 e. The van der Waals surface area contributed by atoms with Gasteiger partial charge in [0.05, 0.1) is 0 Å². The lowest BCUT2D eigenvalue weighted by Crippen LogP contribution is -2.27. The maximum atomic E-state index is 12.2. The Labute approximate surface area is 155 Å². The summed E-state index contributed by atoms with van der Waals surface area (Å²) in [7, 11) is 3.28. The SMILES string of the molecule is CN(C)C(=O)COc1ccc(C(=O)C=Cc2ccc(OC(F)F)cc2)cc1. The van der Waals surface area contributed by atoms with Crippen LogP contribution in [0, 0.1) is 0 Å². The quantitative estimate of drug-likeness (QED) is 0.522. The number of nitrogens with zero attached hydrogens (tertiary/aromatic N) is 1. The molecule has 5 nitrogen and oxygen atoms in total. The van der Waals surface area contributed by atoms with E-state index in [9.17, 15) is 18.4 Å². The Balaban J connectivity index is 1.93. The molecule has 0 N–H and O–H groups in total. The van der Waals surface area contributed by atoms with Gasteiger partial charge in [-0.05, 0) is 48.0 Å². The van der Waals surface area contributed by atoms with E-state index in [0.717, 1.165) is 0 Å². The summed E-state index contributed by atoms with van der Waals surface area (Å²) in [5.74, 6) is 0.152. The van der Waals surface area contributed by atoms with Crippen molar-refractivity contribution in [3.63, 3.8) is 0 Å². The summed E-state index contributed by atoms with van der Waals surface area (Å²) in [4.78, 5) is 25.1. The first-order valence-electron chi connectivity index (χ1n) is 8.05. The highest BCUT2D eigenvalue weighted by atomic mass is 19.3. The molecular weight excluding hydrogens is 356 g/mol. The van der Waals surface area contributed by atoms with Crippen LogP contribution in [-0.2, 0) is 4.79 Å². The summed E-state index contributed by atoms with van der Waals surface area (Å²) in [6.07, 6.45) is 2.96. The van der Waals surface area contributed by atoms with Crippen molar-refractivity contribution in [2.24, 2.45) is 0 Å². The predicted molar refractivity (Wildman–Crippen MR) is 97.1 cm³/mol. The van der Waals surface area contributed by atoms with Gasteiger partial charge < -0.3 is 14.4 Å². The zero-order chi connectivity index (χ0) is 19.8. The van der Waals surface area contributed by atoms with Crippen LogP contribution in [0.3, 0.4) is 0 Å². The van der Waals surface area contributed by atoms with Crippen molar-refractivity contribution in [1.82, 2.24) is 4.90 Å². The number of benzene rings is 2. The van der Waals surface area contributed by atoms with E-state index in [2.05, 4.69) is 4.74 Å². The molecule has 2 rings (SSSR count). The minimum Gasteiger partial charge on any atom is -0.484 e. The van der Waals surface area contributed by atoms with E-state index in [1.54, 1.807) is 56.6 Å². The second-order valence-corrected chi connectivity index (χ2v) is 5.75. The molecule has 7 heteroatoms. The molecule has 0 aliphatic rings. The second kappa shape index (κ2) is 9.47. The van der Waals surface area contributed by atoms with Gasteiger partial charge in [-0.3, -0.25) is 9.59 Å². The molecule has 27 heavy (non-hydrogen) atoms. The van der Waals surface area contributed by atoms with E-state index in [4.69, 9.17) is 4.74 Å². The number of rotatable bonds is 8. The number of hydrogen-bond acceptors (Lipinski definition) is 4. The fraction of sp³-hybridized carbons (Fsp3) is 0.200. The molecule has 142 valence electrons. The number of carbonyl (C=O) groups is 2. The van der Waals surface area contributed by atoms with Gasteiger partial charge in [-0.2, -0.15) is 8.78 Å². The Morgan fingerprint density at radius 1 is 1.00 bits per heavy atom. The third kappa shape index (κ3) is 6.54. The first-order valence-corrected chi connectivity index (χ1v) is 8.05. The summed E-state index contributed by atoms with van der Waals surface area (Å²) >= 11 is 0. The Morgan fingerprint density at radius 3 is 2.15 bits per heavy atom. The van der Waals surface area contributed by atoms with E-state index < -0.39 is 6.61 Å². The molecule has 0 saturated heterocycles. The number of alkyl halides is 2. The molecule has 0 fully saturated rings. The molecule has 0 bridgehead atoms. The number of hydrogen-bond donors (Lipinski definition) is 0. The zero-order valence-electron chi connectivity index (χ0n) is 14.9. The number of ether oxygens (including phenoxy) is 2. The maximum absolute atomic E-state index is 12.2. The van der Waals surface area contributed by atoms with Crippen LogP contribution < -0.4 is 9.47 Å². The molecule has 0 aromatic heterocycles. The van der Waals surface area contributed by atoms with Gasteiger partial charge in [0.1, 0.15) is 11.5 Å². The number of halogens is 2. The molecule has 0 atom stereocenters. The van der Waals surface area contributed by atoms with Crippen LogP contribution in [0.15, 0.2) is 54.6 Å². The Hall–Kier alpha value is -3.22. The molecule has 0 spiro atoms. The summed E-state index contributed by atoms with van der Waals surface area (Å²) < 4.78 is 33.8. The highest BCUT2D eigenvalue weighted by Crippen LogP contribution is 2.17. The lowest BCUT2D eigenvalue weighted by molar-refractivity contribution is -0.130. The van der Waals surface area contributed by atoms with E-state index in [1.807, 2.05) is 0 Å².